The van der Waals surface area contributed by atoms with Crippen LogP contribution in [0.1, 0.15) is 63.3 Å². The lowest BCUT2D eigenvalue weighted by Gasteiger charge is -2.26. The SMILES string of the molecule is C#Cc1c(CCC)sc2c(N(Cc3cccs3)C(=O)OC(C)(C)C)snc12.CC. The largest absolute Gasteiger partial charge is 0.443 e. The Hall–Kier alpha value is -1.88. The first-order valence-electron chi connectivity index (χ1n) is 9.74. The molecule has 0 aromatic carbocycles. The number of carbonyl (C=O) groups excluding carboxylic acids is 1. The number of thiophene rings is 2. The van der Waals surface area contributed by atoms with E-state index in [2.05, 4.69) is 17.2 Å². The standard InChI is InChI=1S/C20H22N2O2S3.C2H6/c1-6-9-15-14(7-2)16-17(26-15)18(27-21-16)22(12-13-10-8-11-25-13)19(23)24-20(3,4)5;1-2/h2,8,10-11H,6,9,12H2,1,3-5H3;1-2H3. The van der Waals surface area contributed by atoms with Crippen LogP contribution in [-0.4, -0.2) is 16.1 Å². The van der Waals surface area contributed by atoms with Crippen LogP contribution in [0.15, 0.2) is 17.5 Å². The lowest BCUT2D eigenvalue weighted by atomic mass is 10.2. The lowest BCUT2D eigenvalue weighted by molar-refractivity contribution is 0.0579. The summed E-state index contributed by atoms with van der Waals surface area (Å²) in [5.41, 5.74) is 1.12. The van der Waals surface area contributed by atoms with Gasteiger partial charge in [-0.15, -0.1) is 29.1 Å². The maximum atomic E-state index is 13.0. The first-order chi connectivity index (χ1) is 13.8. The zero-order chi connectivity index (χ0) is 21.6. The average molecular weight is 449 g/mol. The van der Waals surface area contributed by atoms with Crippen molar-refractivity contribution in [3.8, 4) is 12.3 Å². The molecule has 29 heavy (non-hydrogen) atoms. The highest BCUT2D eigenvalue weighted by Crippen LogP contribution is 2.42. The van der Waals surface area contributed by atoms with E-state index in [1.54, 1.807) is 27.6 Å². The maximum Gasteiger partial charge on any atom is 0.415 e. The second kappa shape index (κ2) is 10.2. The number of rotatable bonds is 5. The Morgan fingerprint density at radius 1 is 1.34 bits per heavy atom. The molecule has 7 heteroatoms. The number of hydrogen-bond acceptors (Lipinski definition) is 6. The molecular weight excluding hydrogens is 420 g/mol. The van der Waals surface area contributed by atoms with Crippen LogP contribution < -0.4 is 4.90 Å². The van der Waals surface area contributed by atoms with Gasteiger partial charge in [0.2, 0.25) is 0 Å². The van der Waals surface area contributed by atoms with Crippen LogP contribution in [0, 0.1) is 12.3 Å². The van der Waals surface area contributed by atoms with Gasteiger partial charge in [-0.1, -0.05) is 39.2 Å². The van der Waals surface area contributed by atoms with Crippen molar-refractivity contribution in [2.75, 3.05) is 4.90 Å². The van der Waals surface area contributed by atoms with Gasteiger partial charge in [-0.25, -0.2) is 4.79 Å². The fourth-order valence-corrected chi connectivity index (χ4v) is 5.67. The number of amides is 1. The van der Waals surface area contributed by atoms with Crippen molar-refractivity contribution >= 4 is 55.5 Å². The van der Waals surface area contributed by atoms with Crippen LogP contribution in [0.25, 0.3) is 10.2 Å². The number of aromatic nitrogens is 1. The maximum absolute atomic E-state index is 13.0. The van der Waals surface area contributed by atoms with Gasteiger partial charge >= 0.3 is 6.09 Å². The zero-order valence-corrected chi connectivity index (χ0v) is 20.3. The van der Waals surface area contributed by atoms with Gasteiger partial charge in [0, 0.05) is 9.75 Å². The van der Waals surface area contributed by atoms with E-state index in [-0.39, 0.29) is 6.09 Å². The summed E-state index contributed by atoms with van der Waals surface area (Å²) in [5, 5.41) is 2.81. The fraction of sp³-hybridized carbons (Fsp3) is 0.455. The van der Waals surface area contributed by atoms with Crippen LogP contribution in [0.3, 0.4) is 0 Å². The third-order valence-electron chi connectivity index (χ3n) is 3.75. The number of nitrogens with zero attached hydrogens (tertiary/aromatic N) is 2. The van der Waals surface area contributed by atoms with Gasteiger partial charge in [0.15, 0.2) is 0 Å². The second-order valence-electron chi connectivity index (χ2n) is 7.11. The number of aryl methyl sites for hydroxylation is 1. The minimum Gasteiger partial charge on any atom is -0.443 e. The van der Waals surface area contributed by atoms with E-state index in [4.69, 9.17) is 11.2 Å². The number of carbonyl (C=O) groups is 1. The van der Waals surface area contributed by atoms with Gasteiger partial charge in [-0.05, 0) is 50.2 Å². The molecule has 0 bridgehead atoms. The van der Waals surface area contributed by atoms with E-state index in [9.17, 15) is 4.79 Å². The third kappa shape index (κ3) is 5.59. The topological polar surface area (TPSA) is 42.4 Å². The summed E-state index contributed by atoms with van der Waals surface area (Å²) in [7, 11) is 0. The fourth-order valence-electron chi connectivity index (χ4n) is 2.65. The van der Waals surface area contributed by atoms with Gasteiger partial charge in [-0.2, -0.15) is 4.37 Å². The Kier molecular flexibility index (Phi) is 8.26. The van der Waals surface area contributed by atoms with E-state index < -0.39 is 5.60 Å². The van der Waals surface area contributed by atoms with Crippen molar-refractivity contribution in [3.63, 3.8) is 0 Å². The van der Waals surface area contributed by atoms with E-state index in [1.165, 1.54) is 11.5 Å². The summed E-state index contributed by atoms with van der Waals surface area (Å²) in [6, 6.07) is 4.00. The van der Waals surface area contributed by atoms with Crippen molar-refractivity contribution in [2.45, 2.75) is 66.5 Å². The first kappa shape index (κ1) is 23.4. The molecule has 0 spiro atoms. The Morgan fingerprint density at radius 2 is 2.07 bits per heavy atom. The molecule has 0 aliphatic heterocycles. The molecular formula is C22H28N2O2S3. The molecule has 3 rings (SSSR count). The quantitative estimate of drug-likeness (QED) is 0.384. The summed E-state index contributed by atoms with van der Waals surface area (Å²) in [5.74, 6) is 2.79. The van der Waals surface area contributed by atoms with Crippen LogP contribution in [0.4, 0.5) is 9.80 Å². The summed E-state index contributed by atoms with van der Waals surface area (Å²) >= 11 is 4.56. The normalized spacial score (nSPS) is 10.9. The molecule has 0 aliphatic rings. The van der Waals surface area contributed by atoms with E-state index in [0.717, 1.165) is 43.4 Å². The Bertz CT molecular complexity index is 972. The average Bonchev–Trinajstić information content (AvgIpc) is 3.37. The molecule has 0 saturated heterocycles. The summed E-state index contributed by atoms with van der Waals surface area (Å²) in [6.45, 7) is 12.2. The Balaban J connectivity index is 0.00000145. The van der Waals surface area contributed by atoms with Crippen molar-refractivity contribution < 1.29 is 9.53 Å². The highest BCUT2D eigenvalue weighted by atomic mass is 32.1. The van der Waals surface area contributed by atoms with Crippen LogP contribution in [0.5, 0.6) is 0 Å². The first-order valence-corrected chi connectivity index (χ1v) is 12.2. The summed E-state index contributed by atoms with van der Waals surface area (Å²) < 4.78 is 11.2. The molecule has 4 nitrogen and oxygen atoms in total. The molecule has 0 radical (unpaired) electrons. The number of fused-ring (bicyclic) bond motifs is 1. The lowest BCUT2D eigenvalue weighted by Crippen LogP contribution is -2.36. The minimum absolute atomic E-state index is 0.367. The van der Waals surface area contributed by atoms with Crippen molar-refractivity contribution in [1.82, 2.24) is 4.37 Å². The predicted molar refractivity (Wildman–Crippen MR) is 128 cm³/mol. The van der Waals surface area contributed by atoms with Gasteiger partial charge in [0.05, 0.1) is 16.8 Å². The van der Waals surface area contributed by atoms with Crippen molar-refractivity contribution in [2.24, 2.45) is 0 Å². The van der Waals surface area contributed by atoms with Crippen molar-refractivity contribution in [1.29, 1.82) is 0 Å². The molecule has 3 heterocycles. The number of terminal acetylenes is 1. The van der Waals surface area contributed by atoms with Gasteiger partial charge in [0.25, 0.3) is 0 Å². The summed E-state index contributed by atoms with van der Waals surface area (Å²) in [6.07, 6.45) is 7.31. The number of hydrogen-bond donors (Lipinski definition) is 0. The smallest absolute Gasteiger partial charge is 0.415 e. The van der Waals surface area contributed by atoms with Gasteiger partial charge < -0.3 is 4.74 Å². The summed E-state index contributed by atoms with van der Waals surface area (Å²) in [4.78, 5) is 16.9. The van der Waals surface area contributed by atoms with Crippen LogP contribution in [0.2, 0.25) is 0 Å². The predicted octanol–water partition coefficient (Wildman–Crippen LogP) is 7.32. The van der Waals surface area contributed by atoms with Crippen LogP contribution in [-0.2, 0) is 17.7 Å². The highest BCUT2D eigenvalue weighted by molar-refractivity contribution is 7.25. The highest BCUT2D eigenvalue weighted by Gasteiger charge is 2.28. The molecule has 0 N–H and O–H groups in total. The molecule has 0 fully saturated rings. The molecule has 3 aromatic rings. The molecule has 0 atom stereocenters. The molecule has 1 amide bonds. The van der Waals surface area contributed by atoms with E-state index in [0.29, 0.717) is 6.54 Å². The zero-order valence-electron chi connectivity index (χ0n) is 17.9. The Labute approximate surface area is 185 Å². The molecule has 0 saturated carbocycles. The van der Waals surface area contributed by atoms with Gasteiger partial charge in [0.1, 0.15) is 16.1 Å². The van der Waals surface area contributed by atoms with Gasteiger partial charge in [-0.3, -0.25) is 4.90 Å². The monoisotopic (exact) mass is 448 g/mol. The van der Waals surface area contributed by atoms with Crippen molar-refractivity contribution in [3.05, 3.63) is 32.8 Å². The molecule has 0 unspecified atom stereocenters. The van der Waals surface area contributed by atoms with E-state index >= 15 is 0 Å². The van der Waals surface area contributed by atoms with E-state index in [1.807, 2.05) is 52.1 Å². The number of anilines is 1. The van der Waals surface area contributed by atoms with Crippen LogP contribution >= 0.6 is 34.2 Å². The molecule has 156 valence electrons. The second-order valence-corrected chi connectivity index (χ2v) is 10.00. The minimum atomic E-state index is -0.568. The number of ether oxygens (including phenoxy) is 1. The Morgan fingerprint density at radius 3 is 2.62 bits per heavy atom. The molecule has 0 aliphatic carbocycles. The third-order valence-corrected chi connectivity index (χ3v) is 6.86. The molecule has 3 aromatic heterocycles.